The maximum Gasteiger partial charge on any atom is 0.338 e. The van der Waals surface area contributed by atoms with E-state index in [1.54, 1.807) is 25.3 Å². The third kappa shape index (κ3) is 5.35. The molecule has 0 fully saturated rings. The van der Waals surface area contributed by atoms with Gasteiger partial charge in [0.05, 0.1) is 32.9 Å². The highest BCUT2D eigenvalue weighted by molar-refractivity contribution is 5.95. The first-order valence-electron chi connectivity index (χ1n) is 9.92. The molecule has 0 spiro atoms. The van der Waals surface area contributed by atoms with Crippen LogP contribution in [0, 0.1) is 0 Å². The second-order valence-electron chi connectivity index (χ2n) is 6.94. The predicted octanol–water partition coefficient (Wildman–Crippen LogP) is 2.32. The van der Waals surface area contributed by atoms with Crippen molar-refractivity contribution < 1.29 is 23.8 Å². The summed E-state index contributed by atoms with van der Waals surface area (Å²) in [6.07, 6.45) is 0.826. The van der Waals surface area contributed by atoms with Crippen molar-refractivity contribution in [3.8, 4) is 11.5 Å². The molecule has 3 N–H and O–H groups in total. The molecule has 2 aromatic rings. The largest absolute Gasteiger partial charge is 0.493 e. The van der Waals surface area contributed by atoms with Crippen LogP contribution < -0.4 is 25.4 Å². The number of esters is 1. The summed E-state index contributed by atoms with van der Waals surface area (Å²) in [5.41, 5.74) is 2.69. The van der Waals surface area contributed by atoms with E-state index >= 15 is 0 Å². The molecule has 0 radical (unpaired) electrons. The SMILES string of the molecule is COC(=O)C1=C(CNCCc2ccccc2)NC(=O)N[C@H]1c1ccc(OC)c(OC)c1. The average molecular weight is 425 g/mol. The number of rotatable bonds is 9. The van der Waals surface area contributed by atoms with E-state index < -0.39 is 18.0 Å². The van der Waals surface area contributed by atoms with E-state index in [2.05, 4.69) is 28.1 Å². The second kappa shape index (κ2) is 10.5. The van der Waals surface area contributed by atoms with Crippen LogP contribution in [-0.2, 0) is 16.0 Å². The molecule has 0 bridgehead atoms. The van der Waals surface area contributed by atoms with Crippen molar-refractivity contribution in [2.24, 2.45) is 0 Å². The maximum absolute atomic E-state index is 12.6. The molecule has 0 unspecified atom stereocenters. The van der Waals surface area contributed by atoms with Gasteiger partial charge in [-0.25, -0.2) is 9.59 Å². The molecule has 8 nitrogen and oxygen atoms in total. The Balaban J connectivity index is 1.84. The zero-order chi connectivity index (χ0) is 22.2. The van der Waals surface area contributed by atoms with Crippen LogP contribution in [0.1, 0.15) is 17.2 Å². The number of methoxy groups -OCH3 is 3. The Hall–Kier alpha value is -3.52. The number of carbonyl (C=O) groups excluding carboxylic acids is 2. The second-order valence-corrected chi connectivity index (χ2v) is 6.94. The number of hydrogen-bond donors (Lipinski definition) is 3. The summed E-state index contributed by atoms with van der Waals surface area (Å²) < 4.78 is 15.7. The lowest BCUT2D eigenvalue weighted by molar-refractivity contribution is -0.136. The van der Waals surface area contributed by atoms with E-state index in [-0.39, 0.29) is 0 Å². The number of nitrogens with one attached hydrogen (secondary N) is 3. The fraction of sp³-hybridized carbons (Fsp3) is 0.304. The molecule has 0 aromatic heterocycles. The predicted molar refractivity (Wildman–Crippen MR) is 116 cm³/mol. The van der Waals surface area contributed by atoms with Gasteiger partial charge in [-0.1, -0.05) is 36.4 Å². The minimum absolute atomic E-state index is 0.314. The molecule has 2 aromatic carbocycles. The Bertz CT molecular complexity index is 959. The van der Waals surface area contributed by atoms with E-state index in [9.17, 15) is 9.59 Å². The fourth-order valence-corrected chi connectivity index (χ4v) is 3.48. The van der Waals surface area contributed by atoms with E-state index in [0.29, 0.717) is 41.4 Å². The van der Waals surface area contributed by atoms with E-state index in [0.717, 1.165) is 6.42 Å². The maximum atomic E-state index is 12.6. The normalized spacial score (nSPS) is 15.7. The lowest BCUT2D eigenvalue weighted by atomic mass is 9.94. The summed E-state index contributed by atoms with van der Waals surface area (Å²) in [5, 5.41) is 8.83. The zero-order valence-electron chi connectivity index (χ0n) is 17.9. The van der Waals surface area contributed by atoms with Crippen molar-refractivity contribution in [1.82, 2.24) is 16.0 Å². The van der Waals surface area contributed by atoms with Crippen LogP contribution in [0.3, 0.4) is 0 Å². The van der Waals surface area contributed by atoms with Crippen LogP contribution >= 0.6 is 0 Å². The molecule has 3 rings (SSSR count). The smallest absolute Gasteiger partial charge is 0.338 e. The minimum atomic E-state index is -0.688. The van der Waals surface area contributed by atoms with Crippen LogP contribution in [0.25, 0.3) is 0 Å². The minimum Gasteiger partial charge on any atom is -0.493 e. The van der Waals surface area contributed by atoms with Gasteiger partial charge in [0.1, 0.15) is 0 Å². The van der Waals surface area contributed by atoms with Gasteiger partial charge in [0.2, 0.25) is 0 Å². The van der Waals surface area contributed by atoms with Gasteiger partial charge in [0, 0.05) is 12.2 Å². The number of urea groups is 1. The van der Waals surface area contributed by atoms with Crippen LogP contribution in [0.5, 0.6) is 11.5 Å². The summed E-state index contributed by atoms with van der Waals surface area (Å²) in [6, 6.07) is 14.2. The van der Waals surface area contributed by atoms with Crippen molar-refractivity contribution in [2.45, 2.75) is 12.5 Å². The standard InChI is InChI=1S/C23H27N3O5/c1-29-18-10-9-16(13-19(18)30-2)21-20(22(27)31-3)17(25-23(28)26-21)14-24-12-11-15-7-5-4-6-8-15/h4-10,13,21,24H,11-12,14H2,1-3H3,(H2,25,26,28)/t21-/m0/s1. The first kappa shape index (κ1) is 22.2. The van der Waals surface area contributed by atoms with Crippen LogP contribution in [0.15, 0.2) is 59.8 Å². The van der Waals surface area contributed by atoms with E-state index in [1.807, 2.05) is 18.2 Å². The first-order chi connectivity index (χ1) is 15.1. The number of ether oxygens (including phenoxy) is 3. The topological polar surface area (TPSA) is 97.9 Å². The number of amides is 2. The van der Waals surface area contributed by atoms with Crippen LogP contribution in [0.2, 0.25) is 0 Å². The fourth-order valence-electron chi connectivity index (χ4n) is 3.48. The third-order valence-corrected chi connectivity index (χ3v) is 5.03. The van der Waals surface area contributed by atoms with Gasteiger partial charge in [-0.3, -0.25) is 0 Å². The molecule has 0 saturated carbocycles. The monoisotopic (exact) mass is 425 g/mol. The zero-order valence-corrected chi connectivity index (χ0v) is 17.9. The highest BCUT2D eigenvalue weighted by Crippen LogP contribution is 2.34. The van der Waals surface area contributed by atoms with Gasteiger partial charge in [-0.2, -0.15) is 0 Å². The lowest BCUT2D eigenvalue weighted by Gasteiger charge is -2.29. The molecule has 1 aliphatic heterocycles. The summed E-state index contributed by atoms with van der Waals surface area (Å²) in [6.45, 7) is 1.00. The molecule has 164 valence electrons. The summed E-state index contributed by atoms with van der Waals surface area (Å²) in [5.74, 6) is 0.532. The molecule has 31 heavy (non-hydrogen) atoms. The molecular weight excluding hydrogens is 398 g/mol. The quantitative estimate of drug-likeness (QED) is 0.421. The Kier molecular flexibility index (Phi) is 7.50. The lowest BCUT2D eigenvalue weighted by Crippen LogP contribution is -2.48. The van der Waals surface area contributed by atoms with Crippen molar-refractivity contribution in [3.05, 3.63) is 70.9 Å². The van der Waals surface area contributed by atoms with Gasteiger partial charge in [0.15, 0.2) is 11.5 Å². The average Bonchev–Trinajstić information content (AvgIpc) is 2.81. The van der Waals surface area contributed by atoms with Gasteiger partial charge >= 0.3 is 12.0 Å². The van der Waals surface area contributed by atoms with Gasteiger partial charge < -0.3 is 30.2 Å². The Morgan fingerprint density at radius 2 is 1.77 bits per heavy atom. The van der Waals surface area contributed by atoms with Gasteiger partial charge in [-0.15, -0.1) is 0 Å². The summed E-state index contributed by atoms with van der Waals surface area (Å²) >= 11 is 0. The first-order valence-corrected chi connectivity index (χ1v) is 9.92. The molecule has 0 saturated heterocycles. The van der Waals surface area contributed by atoms with Gasteiger partial charge in [0.25, 0.3) is 0 Å². The van der Waals surface area contributed by atoms with Gasteiger partial charge in [-0.05, 0) is 36.2 Å². The summed E-state index contributed by atoms with van der Waals surface area (Å²) in [4.78, 5) is 25.0. The Morgan fingerprint density at radius 1 is 1.03 bits per heavy atom. The van der Waals surface area contributed by atoms with E-state index in [1.165, 1.54) is 19.8 Å². The Labute approximate surface area is 181 Å². The molecule has 0 aliphatic carbocycles. The number of hydrogen-bond acceptors (Lipinski definition) is 6. The van der Waals surface area contributed by atoms with E-state index in [4.69, 9.17) is 14.2 Å². The molecule has 1 atom stereocenters. The van der Waals surface area contributed by atoms with Crippen molar-refractivity contribution >= 4 is 12.0 Å². The number of benzene rings is 2. The number of carbonyl (C=O) groups is 2. The molecule has 8 heteroatoms. The van der Waals surface area contributed by atoms with Crippen molar-refractivity contribution in [3.63, 3.8) is 0 Å². The molecule has 1 aliphatic rings. The third-order valence-electron chi connectivity index (χ3n) is 5.03. The van der Waals surface area contributed by atoms with Crippen LogP contribution in [-0.4, -0.2) is 46.4 Å². The molecule has 2 amide bonds. The van der Waals surface area contributed by atoms with Crippen molar-refractivity contribution in [2.75, 3.05) is 34.4 Å². The Morgan fingerprint density at radius 3 is 2.45 bits per heavy atom. The highest BCUT2D eigenvalue weighted by Gasteiger charge is 2.33. The summed E-state index contributed by atoms with van der Waals surface area (Å²) in [7, 11) is 4.39. The molecule has 1 heterocycles. The van der Waals surface area contributed by atoms with Crippen LogP contribution in [0.4, 0.5) is 4.79 Å². The van der Waals surface area contributed by atoms with Crippen molar-refractivity contribution in [1.29, 1.82) is 0 Å². The molecular formula is C23H27N3O5. The highest BCUT2D eigenvalue weighted by atomic mass is 16.5.